The predicted molar refractivity (Wildman–Crippen MR) is 131 cm³/mol. The van der Waals surface area contributed by atoms with E-state index in [-0.39, 0.29) is 18.3 Å². The Morgan fingerprint density at radius 2 is 2.11 bits per heavy atom. The van der Waals surface area contributed by atoms with E-state index in [0.29, 0.717) is 52.1 Å². The van der Waals surface area contributed by atoms with Crippen molar-refractivity contribution < 1.29 is 17.9 Å². The second-order valence-corrected chi connectivity index (χ2v) is 10.6. The average molecular weight is 509 g/mol. The Morgan fingerprint density at radius 1 is 1.22 bits per heavy atom. The third-order valence-corrected chi connectivity index (χ3v) is 8.13. The van der Waals surface area contributed by atoms with Gasteiger partial charge in [-0.25, -0.2) is 23.7 Å². The first-order valence-electron chi connectivity index (χ1n) is 11.4. The van der Waals surface area contributed by atoms with Gasteiger partial charge in [0.25, 0.3) is 0 Å². The van der Waals surface area contributed by atoms with E-state index in [1.165, 1.54) is 30.3 Å². The molecular weight excluding hydrogens is 486 g/mol. The Labute approximate surface area is 209 Å². The van der Waals surface area contributed by atoms with Gasteiger partial charge >= 0.3 is 0 Å². The smallest absolute Gasteiger partial charge is 0.233 e. The third kappa shape index (κ3) is 3.87. The van der Waals surface area contributed by atoms with Crippen LogP contribution in [0.4, 0.5) is 8.78 Å². The molecule has 0 amide bonds. The van der Waals surface area contributed by atoms with E-state index in [0.717, 1.165) is 5.56 Å². The molecule has 0 bridgehead atoms. The third-order valence-electron chi connectivity index (χ3n) is 6.87. The molecule has 1 aliphatic carbocycles. The van der Waals surface area contributed by atoms with Crippen LogP contribution >= 0.6 is 11.8 Å². The molecule has 11 heteroatoms. The number of oxazole rings is 1. The summed E-state index contributed by atoms with van der Waals surface area (Å²) in [6, 6.07) is 6.67. The largest absolute Gasteiger partial charge is 0.467 e. The van der Waals surface area contributed by atoms with Gasteiger partial charge < -0.3 is 14.9 Å². The number of amidine groups is 1. The maximum Gasteiger partial charge on any atom is 0.233 e. The van der Waals surface area contributed by atoms with Crippen LogP contribution in [0, 0.1) is 11.7 Å². The fourth-order valence-corrected chi connectivity index (χ4v) is 6.31. The summed E-state index contributed by atoms with van der Waals surface area (Å²) in [6.07, 6.45) is 7.20. The van der Waals surface area contributed by atoms with E-state index in [1.54, 1.807) is 30.6 Å². The summed E-state index contributed by atoms with van der Waals surface area (Å²) >= 11 is 1.26. The number of rotatable bonds is 7. The van der Waals surface area contributed by atoms with Gasteiger partial charge in [-0.3, -0.25) is 9.98 Å². The maximum absolute atomic E-state index is 15.1. The highest BCUT2D eigenvalue weighted by Crippen LogP contribution is 2.66. The molecule has 0 spiro atoms. The SMILES string of the molecule is C[C@]1(c2cc(Cc3nccc4nc(OCc5ncco5)cnc34)ccc2F)N=C(N)S[C@@]2(CF)C[C@H]21. The Kier molecular flexibility index (Phi) is 5.40. The molecule has 4 aromatic rings. The number of halogens is 2. The molecule has 2 aliphatic rings. The van der Waals surface area contributed by atoms with Crippen molar-refractivity contribution in [3.05, 3.63) is 77.6 Å². The Hall–Kier alpha value is -3.60. The van der Waals surface area contributed by atoms with Crippen molar-refractivity contribution in [1.82, 2.24) is 19.9 Å². The van der Waals surface area contributed by atoms with Crippen molar-refractivity contribution in [2.75, 3.05) is 6.67 Å². The highest BCUT2D eigenvalue weighted by atomic mass is 32.2. The first kappa shape index (κ1) is 22.8. The molecule has 36 heavy (non-hydrogen) atoms. The van der Waals surface area contributed by atoms with Crippen LogP contribution in [0.1, 0.15) is 36.1 Å². The number of aliphatic imine (C=N–C) groups is 1. The van der Waals surface area contributed by atoms with Crippen LogP contribution in [-0.2, 0) is 18.6 Å². The molecule has 0 unspecified atom stereocenters. The normalized spacial score (nSPS) is 24.9. The first-order valence-corrected chi connectivity index (χ1v) is 12.2. The minimum absolute atomic E-state index is 0.117. The lowest BCUT2D eigenvalue weighted by Crippen LogP contribution is -2.36. The molecule has 0 radical (unpaired) electrons. The summed E-state index contributed by atoms with van der Waals surface area (Å²) in [5, 5.41) is 0.292. The van der Waals surface area contributed by atoms with Crippen molar-refractivity contribution in [2.45, 2.75) is 36.7 Å². The van der Waals surface area contributed by atoms with E-state index in [4.69, 9.17) is 14.9 Å². The van der Waals surface area contributed by atoms with Crippen molar-refractivity contribution in [2.24, 2.45) is 16.6 Å². The second-order valence-electron chi connectivity index (χ2n) is 9.19. The molecule has 3 aromatic heterocycles. The zero-order chi connectivity index (χ0) is 24.9. The van der Waals surface area contributed by atoms with Crippen LogP contribution in [0.15, 0.2) is 58.5 Å². The van der Waals surface area contributed by atoms with Crippen LogP contribution < -0.4 is 10.5 Å². The van der Waals surface area contributed by atoms with Crippen LogP contribution in [0.3, 0.4) is 0 Å². The van der Waals surface area contributed by atoms with E-state index < -0.39 is 17.0 Å². The molecule has 0 saturated heterocycles. The van der Waals surface area contributed by atoms with E-state index in [1.807, 2.05) is 6.92 Å². The zero-order valence-corrected chi connectivity index (χ0v) is 20.1. The number of benzene rings is 1. The molecule has 6 rings (SSSR count). The predicted octanol–water partition coefficient (Wildman–Crippen LogP) is 4.33. The monoisotopic (exact) mass is 508 g/mol. The molecule has 4 heterocycles. The van der Waals surface area contributed by atoms with Gasteiger partial charge in [-0.15, -0.1) is 0 Å². The highest BCUT2D eigenvalue weighted by molar-refractivity contribution is 8.15. The van der Waals surface area contributed by atoms with Gasteiger partial charge in [-0.1, -0.05) is 23.9 Å². The zero-order valence-electron chi connectivity index (χ0n) is 19.3. The summed E-state index contributed by atoms with van der Waals surface area (Å²) in [6.45, 7) is 1.46. The summed E-state index contributed by atoms with van der Waals surface area (Å²) in [5.74, 6) is 0.267. The molecule has 1 saturated carbocycles. The second kappa shape index (κ2) is 8.51. The minimum Gasteiger partial charge on any atom is -0.467 e. The molecule has 3 atom stereocenters. The number of thioether (sulfide) groups is 1. The molecule has 8 nitrogen and oxygen atoms in total. The number of fused-ring (bicyclic) bond motifs is 2. The molecule has 1 aromatic carbocycles. The fraction of sp³-hybridized carbons (Fsp3) is 0.320. The molecule has 1 aliphatic heterocycles. The number of hydrogen-bond acceptors (Lipinski definition) is 9. The number of alkyl halides is 1. The molecular formula is C25H22F2N6O2S. The van der Waals surface area contributed by atoms with Crippen molar-refractivity contribution in [3.8, 4) is 5.88 Å². The van der Waals surface area contributed by atoms with Gasteiger partial charge in [0.15, 0.2) is 11.8 Å². The Bertz CT molecular complexity index is 1480. The van der Waals surface area contributed by atoms with Crippen LogP contribution in [0.5, 0.6) is 5.88 Å². The number of nitrogens with two attached hydrogens (primary N) is 1. The maximum atomic E-state index is 15.1. The van der Waals surface area contributed by atoms with Crippen LogP contribution in [0.2, 0.25) is 0 Å². The fourth-order valence-electron chi connectivity index (χ4n) is 4.98. The minimum atomic E-state index is -0.928. The molecule has 184 valence electrons. The number of ether oxygens (including phenoxy) is 1. The van der Waals surface area contributed by atoms with Gasteiger partial charge in [-0.05, 0) is 31.0 Å². The molecule has 1 fully saturated rings. The average Bonchev–Trinajstić information content (AvgIpc) is 3.38. The Morgan fingerprint density at radius 3 is 2.92 bits per heavy atom. The van der Waals surface area contributed by atoms with E-state index in [9.17, 15) is 4.39 Å². The standard InChI is InChI=1S/C25H22F2N6O2S/c1-24(19-10-25(19,13-26)36-23(28)33-24)15-8-14(2-3-16(15)27)9-18-22-17(4-5-29-18)32-20(11-31-22)35-12-21-30-6-7-34-21/h2-8,11,19H,9-10,12-13H2,1H3,(H2,28,33)/t19-,24+,25+/m0/s1. The van der Waals surface area contributed by atoms with Crippen LogP contribution in [-0.4, -0.2) is 36.5 Å². The van der Waals surface area contributed by atoms with Gasteiger partial charge in [0, 0.05) is 24.1 Å². The van der Waals surface area contributed by atoms with Gasteiger partial charge in [0.1, 0.15) is 24.3 Å². The lowest BCUT2D eigenvalue weighted by molar-refractivity contribution is 0.253. The number of pyridine rings is 1. The van der Waals surface area contributed by atoms with Gasteiger partial charge in [-0.2, -0.15) is 0 Å². The van der Waals surface area contributed by atoms with Crippen molar-refractivity contribution in [1.29, 1.82) is 0 Å². The number of aromatic nitrogens is 4. The first-order chi connectivity index (χ1) is 17.4. The van der Waals surface area contributed by atoms with E-state index in [2.05, 4.69) is 24.9 Å². The van der Waals surface area contributed by atoms with Gasteiger partial charge in [0.05, 0.1) is 33.9 Å². The highest BCUT2D eigenvalue weighted by Gasteiger charge is 2.66. The van der Waals surface area contributed by atoms with Crippen LogP contribution in [0.25, 0.3) is 11.0 Å². The Balaban J connectivity index is 1.29. The summed E-state index contributed by atoms with van der Waals surface area (Å²) < 4.78 is 39.1. The number of hydrogen-bond donors (Lipinski definition) is 1. The lowest BCUT2D eigenvalue weighted by atomic mass is 9.84. The lowest BCUT2D eigenvalue weighted by Gasteiger charge is -2.33. The van der Waals surface area contributed by atoms with Gasteiger partial charge in [0.2, 0.25) is 11.8 Å². The molecule has 2 N–H and O–H groups in total. The van der Waals surface area contributed by atoms with Crippen molar-refractivity contribution in [3.63, 3.8) is 0 Å². The summed E-state index contributed by atoms with van der Waals surface area (Å²) in [7, 11) is 0. The summed E-state index contributed by atoms with van der Waals surface area (Å²) in [4.78, 5) is 22.1. The number of nitrogens with zero attached hydrogens (tertiary/aromatic N) is 5. The van der Waals surface area contributed by atoms with E-state index >= 15 is 4.39 Å². The quantitative estimate of drug-likeness (QED) is 0.393. The summed E-state index contributed by atoms with van der Waals surface area (Å²) in [5.41, 5.74) is 8.28. The topological polar surface area (TPSA) is 112 Å². The van der Waals surface area contributed by atoms with Crippen molar-refractivity contribution >= 4 is 28.0 Å².